The second-order valence-corrected chi connectivity index (χ2v) is 5.87. The summed E-state index contributed by atoms with van der Waals surface area (Å²) < 4.78 is 43.4. The topological polar surface area (TPSA) is 119 Å². The summed E-state index contributed by atoms with van der Waals surface area (Å²) in [6.45, 7) is -0.680. The summed E-state index contributed by atoms with van der Waals surface area (Å²) in [5, 5.41) is 9.19. The number of hydrogen-bond acceptors (Lipinski definition) is 6. The molecule has 0 saturated heterocycles. The number of sulfonamides is 1. The molecule has 10 heteroatoms. The van der Waals surface area contributed by atoms with Crippen molar-refractivity contribution in [2.24, 2.45) is 0 Å². The lowest BCUT2D eigenvalue weighted by Crippen LogP contribution is -2.37. The maximum Gasteiger partial charge on any atom is 0.336 e. The van der Waals surface area contributed by atoms with Crippen LogP contribution in [0.2, 0.25) is 5.02 Å². The first-order valence-corrected chi connectivity index (χ1v) is 7.05. The van der Waals surface area contributed by atoms with E-state index in [2.05, 4.69) is 4.74 Å². The van der Waals surface area contributed by atoms with Gasteiger partial charge in [0.05, 0.1) is 12.8 Å². The summed E-state index contributed by atoms with van der Waals surface area (Å²) in [5.74, 6) is -2.20. The van der Waals surface area contributed by atoms with Crippen LogP contribution in [0.15, 0.2) is 17.0 Å². The van der Waals surface area contributed by atoms with Crippen LogP contribution in [0.25, 0.3) is 0 Å². The van der Waals surface area contributed by atoms with Gasteiger partial charge in [0.2, 0.25) is 10.0 Å². The molecular formula is C10H12ClFN2O5S. The molecule has 20 heavy (non-hydrogen) atoms. The molecule has 0 spiro atoms. The first kappa shape index (κ1) is 16.6. The number of methoxy groups -OCH3 is 1. The predicted molar refractivity (Wildman–Crippen MR) is 69.0 cm³/mol. The van der Waals surface area contributed by atoms with E-state index in [1.807, 2.05) is 4.72 Å². The minimum absolute atomic E-state index is 0.0715. The number of nitrogens with two attached hydrogens (primary N) is 1. The Morgan fingerprint density at radius 2 is 2.20 bits per heavy atom. The molecule has 0 aliphatic carbocycles. The first-order valence-electron chi connectivity index (χ1n) is 5.19. The monoisotopic (exact) mass is 326 g/mol. The van der Waals surface area contributed by atoms with Crippen molar-refractivity contribution in [1.29, 1.82) is 0 Å². The third-order valence-electron chi connectivity index (χ3n) is 2.26. The highest BCUT2D eigenvalue weighted by molar-refractivity contribution is 7.89. The number of carbonyl (C=O) groups excluding carboxylic acids is 1. The number of aliphatic hydroxyl groups excluding tert-OH is 1. The van der Waals surface area contributed by atoms with E-state index in [1.165, 1.54) is 0 Å². The molecule has 7 nitrogen and oxygen atoms in total. The number of benzene rings is 1. The number of carbonyl (C=O) groups is 1. The van der Waals surface area contributed by atoms with Crippen LogP contribution in [-0.4, -0.2) is 39.3 Å². The molecule has 0 aromatic heterocycles. The molecule has 0 aliphatic rings. The predicted octanol–water partition coefficient (Wildman–Crippen LogP) is -0.126. The van der Waals surface area contributed by atoms with Crippen LogP contribution in [0, 0.1) is 5.82 Å². The van der Waals surface area contributed by atoms with Crippen molar-refractivity contribution in [3.63, 3.8) is 0 Å². The van der Waals surface area contributed by atoms with Crippen LogP contribution in [0.1, 0.15) is 0 Å². The van der Waals surface area contributed by atoms with Crippen molar-refractivity contribution in [3.8, 4) is 0 Å². The molecule has 4 N–H and O–H groups in total. The zero-order chi connectivity index (χ0) is 15.5. The molecule has 0 aliphatic heterocycles. The molecule has 1 aromatic carbocycles. The molecular weight excluding hydrogens is 315 g/mol. The molecule has 1 unspecified atom stereocenters. The second kappa shape index (κ2) is 6.35. The molecule has 1 rings (SSSR count). The Morgan fingerprint density at radius 3 is 2.75 bits per heavy atom. The Hall–Kier alpha value is -1.42. The van der Waals surface area contributed by atoms with Gasteiger partial charge in [0.15, 0.2) is 11.9 Å². The van der Waals surface area contributed by atoms with E-state index in [0.29, 0.717) is 0 Å². The fourth-order valence-corrected chi connectivity index (χ4v) is 2.73. The molecule has 0 saturated carbocycles. The van der Waals surface area contributed by atoms with Crippen molar-refractivity contribution in [3.05, 3.63) is 23.0 Å². The number of nitrogen functional groups attached to an aromatic ring is 1. The Kier molecular flexibility index (Phi) is 5.28. The minimum atomic E-state index is -4.33. The zero-order valence-electron chi connectivity index (χ0n) is 10.3. The smallest absolute Gasteiger partial charge is 0.336 e. The van der Waals surface area contributed by atoms with Crippen LogP contribution in [0.3, 0.4) is 0 Å². The lowest BCUT2D eigenvalue weighted by molar-refractivity contribution is -0.149. The van der Waals surface area contributed by atoms with E-state index >= 15 is 0 Å². The van der Waals surface area contributed by atoms with Crippen molar-refractivity contribution >= 4 is 33.3 Å². The summed E-state index contributed by atoms with van der Waals surface area (Å²) in [6.07, 6.45) is -1.71. The van der Waals surface area contributed by atoms with Crippen LogP contribution in [0.4, 0.5) is 10.1 Å². The normalized spacial score (nSPS) is 13.0. The standard InChI is InChI=1S/C10H12ClFN2O5S/c1-19-10(16)7(15)4-14-20(17,18)8-3-5(11)2-6(13)9(8)12/h2-3,7,14-15H,4,13H2,1H3. The van der Waals surface area contributed by atoms with Gasteiger partial charge in [-0.3, -0.25) is 0 Å². The number of nitrogens with one attached hydrogen (secondary N) is 1. The highest BCUT2D eigenvalue weighted by Crippen LogP contribution is 2.25. The molecule has 112 valence electrons. The van der Waals surface area contributed by atoms with Gasteiger partial charge < -0.3 is 15.6 Å². The fraction of sp³-hybridized carbons (Fsp3) is 0.300. The maximum absolute atomic E-state index is 13.7. The minimum Gasteiger partial charge on any atom is -0.467 e. The molecule has 1 aromatic rings. The van der Waals surface area contributed by atoms with Gasteiger partial charge in [-0.15, -0.1) is 0 Å². The number of anilines is 1. The summed E-state index contributed by atoms with van der Waals surface area (Å²) in [6, 6.07) is 1.92. The first-order chi connectivity index (χ1) is 9.19. The number of rotatable bonds is 5. The second-order valence-electron chi connectivity index (χ2n) is 3.70. The Balaban J connectivity index is 2.98. The van der Waals surface area contributed by atoms with Gasteiger partial charge in [0.25, 0.3) is 0 Å². The third kappa shape index (κ3) is 3.79. The van der Waals surface area contributed by atoms with Gasteiger partial charge in [-0.25, -0.2) is 22.3 Å². The van der Waals surface area contributed by atoms with Crippen LogP contribution in [0.5, 0.6) is 0 Å². The summed E-state index contributed by atoms with van der Waals surface area (Å²) in [5.41, 5.74) is 4.83. The Labute approximate surface area is 119 Å². The number of esters is 1. The van der Waals surface area contributed by atoms with Crippen molar-refractivity contribution in [2.45, 2.75) is 11.0 Å². The van der Waals surface area contributed by atoms with Gasteiger partial charge in [0.1, 0.15) is 4.90 Å². The van der Waals surface area contributed by atoms with E-state index < -0.39 is 45.0 Å². The van der Waals surface area contributed by atoms with Gasteiger partial charge in [-0.05, 0) is 12.1 Å². The molecule has 0 heterocycles. The van der Waals surface area contributed by atoms with E-state index in [-0.39, 0.29) is 5.02 Å². The summed E-state index contributed by atoms with van der Waals surface area (Å²) >= 11 is 5.60. The van der Waals surface area contributed by atoms with E-state index in [1.54, 1.807) is 0 Å². The molecule has 0 amide bonds. The number of ether oxygens (including phenoxy) is 1. The van der Waals surface area contributed by atoms with Crippen molar-refractivity contribution in [1.82, 2.24) is 4.72 Å². The van der Waals surface area contributed by atoms with Gasteiger partial charge >= 0.3 is 5.97 Å². The molecule has 0 radical (unpaired) electrons. The third-order valence-corrected chi connectivity index (χ3v) is 3.90. The molecule has 1 atom stereocenters. The Morgan fingerprint density at radius 1 is 1.60 bits per heavy atom. The quantitative estimate of drug-likeness (QED) is 0.512. The largest absolute Gasteiger partial charge is 0.467 e. The van der Waals surface area contributed by atoms with E-state index in [4.69, 9.17) is 17.3 Å². The average molecular weight is 327 g/mol. The van der Waals surface area contributed by atoms with Crippen LogP contribution < -0.4 is 10.5 Å². The fourth-order valence-electron chi connectivity index (χ4n) is 1.27. The molecule has 0 bridgehead atoms. The van der Waals surface area contributed by atoms with Crippen LogP contribution >= 0.6 is 11.6 Å². The van der Waals surface area contributed by atoms with Crippen molar-refractivity contribution < 1.29 is 27.4 Å². The van der Waals surface area contributed by atoms with Crippen LogP contribution in [-0.2, 0) is 19.6 Å². The average Bonchev–Trinajstić information content (AvgIpc) is 2.39. The van der Waals surface area contributed by atoms with E-state index in [9.17, 15) is 22.7 Å². The number of halogens is 2. The zero-order valence-corrected chi connectivity index (χ0v) is 11.8. The van der Waals surface area contributed by atoms with Gasteiger partial charge in [-0.1, -0.05) is 11.6 Å². The maximum atomic E-state index is 13.7. The van der Waals surface area contributed by atoms with Crippen molar-refractivity contribution in [2.75, 3.05) is 19.4 Å². The lowest BCUT2D eigenvalue weighted by atomic mass is 10.3. The highest BCUT2D eigenvalue weighted by atomic mass is 35.5. The highest BCUT2D eigenvalue weighted by Gasteiger charge is 2.24. The Bertz CT molecular complexity index is 622. The number of hydrogen-bond donors (Lipinski definition) is 3. The van der Waals surface area contributed by atoms with E-state index in [0.717, 1.165) is 19.2 Å². The summed E-state index contributed by atoms with van der Waals surface area (Å²) in [4.78, 5) is 10.1. The summed E-state index contributed by atoms with van der Waals surface area (Å²) in [7, 11) is -3.30. The van der Waals surface area contributed by atoms with Gasteiger partial charge in [-0.2, -0.15) is 0 Å². The lowest BCUT2D eigenvalue weighted by Gasteiger charge is -2.12. The molecule has 0 fully saturated rings. The van der Waals surface area contributed by atoms with Gasteiger partial charge in [0, 0.05) is 11.6 Å². The number of aliphatic hydroxyl groups is 1. The SMILES string of the molecule is COC(=O)C(O)CNS(=O)(=O)c1cc(Cl)cc(N)c1F.